The first-order valence-corrected chi connectivity index (χ1v) is 23.6. The van der Waals surface area contributed by atoms with E-state index in [1.165, 1.54) is 32.1 Å². The van der Waals surface area contributed by atoms with Crippen molar-refractivity contribution in [2.45, 2.75) is 174 Å². The Morgan fingerprint density at radius 2 is 1.00 bits per heavy atom. The molecule has 0 aliphatic carbocycles. The zero-order valence-corrected chi connectivity index (χ0v) is 37.2. The maximum absolute atomic E-state index is 12.3. The van der Waals surface area contributed by atoms with Crippen molar-refractivity contribution in [2.75, 3.05) is 19.8 Å². The molecule has 12 heteroatoms. The number of rotatable bonds is 40. The summed E-state index contributed by atoms with van der Waals surface area (Å²) in [5.41, 5.74) is 0. The number of hydrogen-bond acceptors (Lipinski definition) is 8. The number of aliphatic carboxylic acids is 1. The van der Waals surface area contributed by atoms with Gasteiger partial charge in [-0.3, -0.25) is 18.6 Å². The van der Waals surface area contributed by atoms with E-state index in [-0.39, 0.29) is 12.8 Å². The third kappa shape index (κ3) is 41.2. The maximum atomic E-state index is 12.3. The number of allylic oxidation sites excluding steroid dienone is 14. The van der Waals surface area contributed by atoms with Gasteiger partial charge < -0.3 is 25.2 Å². The molecule has 0 radical (unpaired) electrons. The molecule has 0 aromatic carbocycles. The first-order chi connectivity index (χ1) is 28.6. The maximum Gasteiger partial charge on any atom is 0.472 e. The van der Waals surface area contributed by atoms with Crippen molar-refractivity contribution in [3.63, 3.8) is 0 Å². The molecule has 0 saturated carbocycles. The number of amides is 1. The molecule has 0 aliphatic heterocycles. The molecule has 1 amide bonds. The van der Waals surface area contributed by atoms with Gasteiger partial charge in [-0.15, -0.1) is 0 Å². The van der Waals surface area contributed by atoms with E-state index in [1.807, 2.05) is 12.2 Å². The Kier molecular flexibility index (Phi) is 39.1. The van der Waals surface area contributed by atoms with Crippen LogP contribution in [0.1, 0.15) is 162 Å². The minimum Gasteiger partial charge on any atom is -0.480 e. The molecular formula is C47H78NO10P. The average molecular weight is 848 g/mol. The van der Waals surface area contributed by atoms with Crippen LogP contribution in [-0.2, 0) is 32.7 Å². The fourth-order valence-corrected chi connectivity index (χ4v) is 6.27. The highest BCUT2D eigenvalue weighted by Crippen LogP contribution is 2.43. The van der Waals surface area contributed by atoms with Crippen molar-refractivity contribution in [3.8, 4) is 0 Å². The molecule has 59 heavy (non-hydrogen) atoms. The minimum atomic E-state index is -4.78. The highest BCUT2D eigenvalue weighted by molar-refractivity contribution is 7.47. The second kappa shape index (κ2) is 41.4. The molecule has 0 aromatic rings. The summed E-state index contributed by atoms with van der Waals surface area (Å²) in [6.45, 7) is 2.39. The van der Waals surface area contributed by atoms with Crippen LogP contribution in [0.2, 0.25) is 0 Å². The van der Waals surface area contributed by atoms with Gasteiger partial charge in [0, 0.05) is 12.8 Å². The fraction of sp³-hybridized carbons (Fsp3) is 0.638. The van der Waals surface area contributed by atoms with Crippen LogP contribution in [0.25, 0.3) is 0 Å². The van der Waals surface area contributed by atoms with Crippen LogP contribution in [0.3, 0.4) is 0 Å². The van der Waals surface area contributed by atoms with Gasteiger partial charge in [0.05, 0.1) is 13.2 Å². The Hall–Kier alpha value is -3.34. The van der Waals surface area contributed by atoms with Crippen molar-refractivity contribution < 1.29 is 47.8 Å². The van der Waals surface area contributed by atoms with E-state index in [2.05, 4.69) is 92.1 Å². The second-order valence-electron chi connectivity index (χ2n) is 14.5. The summed E-state index contributed by atoms with van der Waals surface area (Å²) in [5, 5.41) is 21.8. The number of esters is 1. The number of unbranched alkanes of at least 4 members (excludes halogenated alkanes) is 12. The van der Waals surface area contributed by atoms with Crippen molar-refractivity contribution in [3.05, 3.63) is 85.1 Å². The molecule has 3 atom stereocenters. The lowest BCUT2D eigenvalue weighted by atomic mass is 10.1. The van der Waals surface area contributed by atoms with Gasteiger partial charge in [0.2, 0.25) is 5.91 Å². The molecule has 0 aliphatic rings. The standard InChI is InChI=1S/C47H78NO10P/c1-3-5-7-9-11-13-15-17-19-21-23-24-26-28-30-32-34-36-38-45(50)48-44(47(52)53)42-58-59(54,55)57-41-43(49)40-56-46(51)39-37-35-33-31-29-27-25-22-20-18-16-14-12-10-8-6-4-2/h6,8,12-15,18-21,25,27,31,33,43-44,49H,3-5,7,9-11,16-17,22-24,26,28-30,32,34-42H2,1-2H3,(H,48,50)(H,52,53)(H,54,55)/b8-6-,14-12-,15-13-,20-18-,21-19-,27-25-,33-31-. The van der Waals surface area contributed by atoms with Crippen LogP contribution >= 0.6 is 7.82 Å². The number of carbonyl (C=O) groups excluding carboxylic acids is 2. The quantitative estimate of drug-likeness (QED) is 0.0201. The highest BCUT2D eigenvalue weighted by atomic mass is 31.2. The van der Waals surface area contributed by atoms with Crippen LogP contribution in [0.15, 0.2) is 85.1 Å². The number of aliphatic hydroxyl groups excluding tert-OH is 1. The minimum absolute atomic E-state index is 0.128. The summed E-state index contributed by atoms with van der Waals surface area (Å²) in [7, 11) is -4.78. The molecule has 0 rings (SSSR count). The summed E-state index contributed by atoms with van der Waals surface area (Å²) in [6.07, 6.45) is 50.4. The van der Waals surface area contributed by atoms with Crippen molar-refractivity contribution in [1.82, 2.24) is 5.32 Å². The van der Waals surface area contributed by atoms with Gasteiger partial charge in [0.1, 0.15) is 12.7 Å². The number of carboxylic acid groups (broad SMARTS) is 1. The third-order valence-electron chi connectivity index (χ3n) is 8.92. The van der Waals surface area contributed by atoms with Gasteiger partial charge in [0.15, 0.2) is 6.04 Å². The number of nitrogens with one attached hydrogen (secondary N) is 1. The first kappa shape index (κ1) is 55.7. The molecule has 11 nitrogen and oxygen atoms in total. The summed E-state index contributed by atoms with van der Waals surface area (Å²) < 4.78 is 26.8. The first-order valence-electron chi connectivity index (χ1n) is 22.1. The highest BCUT2D eigenvalue weighted by Gasteiger charge is 2.28. The number of phosphoric acid groups is 1. The number of carbonyl (C=O) groups is 3. The molecule has 336 valence electrons. The van der Waals surface area contributed by atoms with E-state index in [4.69, 9.17) is 13.8 Å². The van der Waals surface area contributed by atoms with E-state index < -0.39 is 57.6 Å². The summed E-state index contributed by atoms with van der Waals surface area (Å²) >= 11 is 0. The molecule has 0 heterocycles. The Morgan fingerprint density at radius 1 is 0.559 bits per heavy atom. The smallest absolute Gasteiger partial charge is 0.472 e. The van der Waals surface area contributed by atoms with Crippen LogP contribution in [-0.4, -0.2) is 64.9 Å². The van der Waals surface area contributed by atoms with Gasteiger partial charge in [-0.25, -0.2) is 9.36 Å². The van der Waals surface area contributed by atoms with E-state index in [0.29, 0.717) is 19.3 Å². The Labute approximate surface area is 356 Å². The predicted octanol–water partition coefficient (Wildman–Crippen LogP) is 11.5. The Morgan fingerprint density at radius 3 is 1.51 bits per heavy atom. The summed E-state index contributed by atoms with van der Waals surface area (Å²) in [5.74, 6) is -2.46. The van der Waals surface area contributed by atoms with Gasteiger partial charge in [-0.2, -0.15) is 0 Å². The Bertz CT molecular complexity index is 1320. The largest absolute Gasteiger partial charge is 0.480 e. The van der Waals surface area contributed by atoms with Gasteiger partial charge >= 0.3 is 19.8 Å². The van der Waals surface area contributed by atoms with Crippen LogP contribution in [0, 0.1) is 0 Å². The molecule has 3 unspecified atom stereocenters. The number of phosphoric ester groups is 1. The topological polar surface area (TPSA) is 169 Å². The Balaban J connectivity index is 4.00. The second-order valence-corrected chi connectivity index (χ2v) is 16.0. The van der Waals surface area contributed by atoms with E-state index in [0.717, 1.165) is 83.5 Å². The summed E-state index contributed by atoms with van der Waals surface area (Å²) in [6, 6.07) is -1.56. The number of carboxylic acids is 1. The van der Waals surface area contributed by atoms with Crippen molar-refractivity contribution in [2.24, 2.45) is 0 Å². The third-order valence-corrected chi connectivity index (χ3v) is 9.87. The van der Waals surface area contributed by atoms with E-state index in [9.17, 15) is 34.1 Å². The number of hydrogen-bond donors (Lipinski definition) is 4. The van der Waals surface area contributed by atoms with Crippen molar-refractivity contribution >= 4 is 25.7 Å². The molecule has 0 aromatic heterocycles. The zero-order valence-electron chi connectivity index (χ0n) is 36.3. The van der Waals surface area contributed by atoms with Crippen LogP contribution < -0.4 is 5.32 Å². The lowest BCUT2D eigenvalue weighted by Crippen LogP contribution is -2.43. The molecule has 0 fully saturated rings. The normalized spacial score (nSPS) is 14.5. The number of ether oxygens (including phenoxy) is 1. The molecule has 0 bridgehead atoms. The van der Waals surface area contributed by atoms with Gasteiger partial charge in [-0.1, -0.05) is 150 Å². The van der Waals surface area contributed by atoms with Gasteiger partial charge in [-0.05, 0) is 83.5 Å². The van der Waals surface area contributed by atoms with Crippen LogP contribution in [0.4, 0.5) is 0 Å². The molecule has 4 N–H and O–H groups in total. The van der Waals surface area contributed by atoms with E-state index in [1.54, 1.807) is 0 Å². The molecular weight excluding hydrogens is 769 g/mol. The van der Waals surface area contributed by atoms with Crippen molar-refractivity contribution in [1.29, 1.82) is 0 Å². The fourth-order valence-electron chi connectivity index (χ4n) is 5.50. The van der Waals surface area contributed by atoms with E-state index >= 15 is 0 Å². The zero-order chi connectivity index (χ0) is 43.5. The summed E-state index contributed by atoms with van der Waals surface area (Å²) in [4.78, 5) is 45.9. The lowest BCUT2D eigenvalue weighted by molar-refractivity contribution is -0.147. The van der Waals surface area contributed by atoms with Crippen LogP contribution in [0.5, 0.6) is 0 Å². The molecule has 0 saturated heterocycles. The number of aliphatic hydroxyl groups is 1. The lowest BCUT2D eigenvalue weighted by Gasteiger charge is -2.18. The van der Waals surface area contributed by atoms with Gasteiger partial charge in [0.25, 0.3) is 0 Å². The average Bonchev–Trinajstić information content (AvgIpc) is 3.21. The molecule has 0 spiro atoms. The monoisotopic (exact) mass is 848 g/mol. The SMILES string of the molecule is CC/C=C\C/C=C\C/C=C\C/C=C\C/C=C\CCCC(=O)OCC(O)COP(=O)(O)OCC(NC(=O)CCCCCCCCC/C=C\C/C=C\CCCCCC)C(=O)O. The predicted molar refractivity (Wildman–Crippen MR) is 240 cm³/mol.